The van der Waals surface area contributed by atoms with Crippen LogP contribution in [0.3, 0.4) is 0 Å². The van der Waals surface area contributed by atoms with Gasteiger partial charge in [0.25, 0.3) is 11.8 Å². The number of nitrogens with one attached hydrogen (secondary N) is 1. The van der Waals surface area contributed by atoms with Gasteiger partial charge in [-0.05, 0) is 43.8 Å². The van der Waals surface area contributed by atoms with Gasteiger partial charge in [0.05, 0.1) is 0 Å². The van der Waals surface area contributed by atoms with E-state index in [9.17, 15) is 24.3 Å². The average molecular weight is 639 g/mol. The minimum absolute atomic E-state index is 0.0928. The summed E-state index contributed by atoms with van der Waals surface area (Å²) in [5.74, 6) is -2.41. The van der Waals surface area contributed by atoms with Crippen molar-refractivity contribution in [2.75, 3.05) is 18.0 Å². The van der Waals surface area contributed by atoms with E-state index < -0.39 is 29.2 Å². The van der Waals surface area contributed by atoms with E-state index in [0.29, 0.717) is 30.7 Å². The molecule has 0 aromatic carbocycles. The normalized spacial score (nSPS) is 23.3. The van der Waals surface area contributed by atoms with Crippen LogP contribution in [-0.2, 0) is 37.6 Å². The molecule has 4 N–H and O–H groups in total. The van der Waals surface area contributed by atoms with Crippen molar-refractivity contribution in [3.8, 4) is 0 Å². The first kappa shape index (κ1) is 29.8. The van der Waals surface area contributed by atoms with Crippen molar-refractivity contribution in [2.24, 2.45) is 12.2 Å². The molecule has 2 atom stereocenters. The summed E-state index contributed by atoms with van der Waals surface area (Å²) in [6.45, 7) is 0.951. The first-order valence-corrected chi connectivity index (χ1v) is 16.2. The number of rotatable bonds is 9. The van der Waals surface area contributed by atoms with Crippen LogP contribution in [0, 0.1) is 0 Å². The summed E-state index contributed by atoms with van der Waals surface area (Å²) in [7, 11) is 1.92. The van der Waals surface area contributed by atoms with Crippen LogP contribution >= 0.6 is 23.1 Å². The molecule has 2 saturated heterocycles. The van der Waals surface area contributed by atoms with Crippen LogP contribution < -0.4 is 15.6 Å². The lowest BCUT2D eigenvalue weighted by Gasteiger charge is -2.49. The third kappa shape index (κ3) is 5.80. The third-order valence-electron chi connectivity index (χ3n) is 8.14. The Labute approximate surface area is 261 Å². The number of pyridine rings is 1. The van der Waals surface area contributed by atoms with Gasteiger partial charge in [-0.2, -0.15) is 0 Å². The molecule has 0 radical (unpaired) electrons. The lowest BCUT2D eigenvalue weighted by atomic mass is 10.0. The molecule has 15 heteroatoms. The molecule has 4 aliphatic rings. The summed E-state index contributed by atoms with van der Waals surface area (Å²) in [6.07, 6.45) is 7.62. The number of β-lactam (4-membered cyclic amide) rings is 1. The molecule has 1 aliphatic carbocycles. The molecule has 1 saturated carbocycles. The number of fused-ring (bicyclic) bond motifs is 1. The summed E-state index contributed by atoms with van der Waals surface area (Å²) in [4.78, 5) is 65.0. The minimum atomic E-state index is -1.27. The Morgan fingerprint density at radius 1 is 1.30 bits per heavy atom. The number of hydrogen-bond acceptors (Lipinski definition) is 10. The van der Waals surface area contributed by atoms with E-state index in [1.165, 1.54) is 16.7 Å². The second-order valence-electron chi connectivity index (χ2n) is 11.0. The summed E-state index contributed by atoms with van der Waals surface area (Å²) >= 11 is 2.47. The third-order valence-corrected chi connectivity index (χ3v) is 10.1. The lowest BCUT2D eigenvalue weighted by Crippen LogP contribution is -2.71. The van der Waals surface area contributed by atoms with Gasteiger partial charge in [0, 0.05) is 35.4 Å². The van der Waals surface area contributed by atoms with Gasteiger partial charge in [-0.15, -0.1) is 23.1 Å². The fourth-order valence-corrected chi connectivity index (χ4v) is 7.62. The van der Waals surface area contributed by atoms with Crippen LogP contribution in [0.1, 0.15) is 43.5 Å². The quantitative estimate of drug-likeness (QED) is 0.120. The van der Waals surface area contributed by atoms with Crippen molar-refractivity contribution in [2.45, 2.75) is 56.2 Å². The highest BCUT2D eigenvalue weighted by molar-refractivity contribution is 8.00. The number of thiazole rings is 1. The Bertz CT molecular complexity index is 1610. The van der Waals surface area contributed by atoms with E-state index in [1.807, 2.05) is 36.0 Å². The molecule has 3 aliphatic heterocycles. The van der Waals surface area contributed by atoms with Gasteiger partial charge in [0.2, 0.25) is 11.6 Å². The van der Waals surface area contributed by atoms with E-state index in [-0.39, 0.29) is 40.0 Å². The van der Waals surface area contributed by atoms with Crippen molar-refractivity contribution in [3.05, 3.63) is 64.1 Å². The fraction of sp³-hybridized carbons (Fsp3) is 0.414. The zero-order valence-corrected chi connectivity index (χ0v) is 25.6. The Balaban J connectivity index is 1.17. The molecule has 6 rings (SSSR count). The van der Waals surface area contributed by atoms with Crippen LogP contribution in [-0.4, -0.2) is 79.1 Å². The monoisotopic (exact) mass is 638 g/mol. The molecular weight excluding hydrogens is 606 g/mol. The zero-order chi connectivity index (χ0) is 31.0. The summed E-state index contributed by atoms with van der Waals surface area (Å²) in [5, 5.41) is 18.1. The highest BCUT2D eigenvalue weighted by Gasteiger charge is 2.54. The maximum Gasteiger partial charge on any atom is 0.352 e. The molecule has 0 spiro atoms. The highest BCUT2D eigenvalue weighted by atomic mass is 32.2. The molecule has 5 heterocycles. The first-order valence-electron chi connectivity index (χ1n) is 14.3. The van der Waals surface area contributed by atoms with Crippen molar-refractivity contribution in [1.82, 2.24) is 20.1 Å². The number of hydrogen-bond donors (Lipinski definition) is 3. The van der Waals surface area contributed by atoms with Crippen molar-refractivity contribution < 1.29 is 33.7 Å². The van der Waals surface area contributed by atoms with E-state index in [1.54, 1.807) is 16.4 Å². The smallest absolute Gasteiger partial charge is 0.352 e. The number of likely N-dealkylation sites (tertiary alicyclic amines) is 1. The number of carbonyl (C=O) groups excluding carboxylic acids is 3. The van der Waals surface area contributed by atoms with Crippen LogP contribution in [0.15, 0.2) is 57.9 Å². The van der Waals surface area contributed by atoms with Crippen LogP contribution in [0.25, 0.3) is 0 Å². The fourth-order valence-electron chi connectivity index (χ4n) is 5.77. The van der Waals surface area contributed by atoms with E-state index in [2.05, 4.69) is 15.5 Å². The molecule has 13 nitrogen and oxygen atoms in total. The predicted octanol–water partition coefficient (Wildman–Crippen LogP) is 1.31. The minimum Gasteiger partial charge on any atom is -0.477 e. The number of carboxylic acids is 1. The van der Waals surface area contributed by atoms with Gasteiger partial charge in [-0.25, -0.2) is 14.3 Å². The van der Waals surface area contributed by atoms with Crippen LogP contribution in [0.2, 0.25) is 0 Å². The second-order valence-corrected chi connectivity index (χ2v) is 13.0. The molecule has 0 unspecified atom stereocenters. The average Bonchev–Trinajstić information content (AvgIpc) is 3.76. The van der Waals surface area contributed by atoms with Gasteiger partial charge >= 0.3 is 5.97 Å². The molecule has 2 aromatic rings. The molecule has 2 aromatic heterocycles. The summed E-state index contributed by atoms with van der Waals surface area (Å²) in [6, 6.07) is 4.81. The number of amides is 3. The van der Waals surface area contributed by atoms with Crippen molar-refractivity contribution in [1.29, 1.82) is 0 Å². The Morgan fingerprint density at radius 2 is 2.09 bits per heavy atom. The van der Waals surface area contributed by atoms with Crippen molar-refractivity contribution in [3.63, 3.8) is 0 Å². The number of carboxylic acid groups (broad SMARTS) is 1. The zero-order valence-electron chi connectivity index (χ0n) is 24.0. The number of aryl methyl sites for hydroxylation is 1. The number of nitrogens with zero attached hydrogens (tertiary/aromatic N) is 5. The molecule has 0 bridgehead atoms. The standard InChI is InChI=1S/C29H31N7O6S2/c1-34-10-5-4-6-18(34)13-35-11-9-16(25(35)38)12-17-14-43-27-22(26(39)36(27)23(17)28(40)41)32-24(37)21(20-15-44-29(30)31-20)33-42-19-7-2-3-8-19/h4-6,10,12,15,19,22,27H,2-3,7-9,11,13-14H2,1H3,(H3-,30,31,32,37,40,41)/p+1/t22-,27-/m1/s1. The number of aromatic nitrogens is 2. The van der Waals surface area contributed by atoms with Gasteiger partial charge in [0.15, 0.2) is 17.0 Å². The number of nitrogens with two attached hydrogens (primary N) is 1. The number of anilines is 1. The van der Waals surface area contributed by atoms with Gasteiger partial charge < -0.3 is 25.9 Å². The number of thioether (sulfide) groups is 1. The number of nitrogen functional groups attached to an aromatic ring is 1. The summed E-state index contributed by atoms with van der Waals surface area (Å²) in [5.41, 5.74) is 7.60. The van der Waals surface area contributed by atoms with Crippen molar-refractivity contribution >= 4 is 57.6 Å². The lowest BCUT2D eigenvalue weighted by molar-refractivity contribution is -0.680. The van der Waals surface area contributed by atoms with Crippen LogP contribution in [0.5, 0.6) is 0 Å². The topological polar surface area (TPSA) is 171 Å². The maximum absolute atomic E-state index is 13.4. The first-order chi connectivity index (χ1) is 21.2. The Morgan fingerprint density at radius 3 is 2.80 bits per heavy atom. The summed E-state index contributed by atoms with van der Waals surface area (Å²) < 4.78 is 1.95. The number of allylic oxidation sites excluding steroid dienone is 1. The molecule has 44 heavy (non-hydrogen) atoms. The molecule has 3 amide bonds. The number of aliphatic carboxylic acids is 1. The van der Waals surface area contributed by atoms with E-state index in [4.69, 9.17) is 10.6 Å². The Kier molecular flexibility index (Phi) is 8.40. The number of oxime groups is 1. The van der Waals surface area contributed by atoms with Crippen LogP contribution in [0.4, 0.5) is 5.13 Å². The largest absolute Gasteiger partial charge is 0.477 e. The molecule has 230 valence electrons. The van der Waals surface area contributed by atoms with E-state index in [0.717, 1.165) is 42.7 Å². The highest BCUT2D eigenvalue weighted by Crippen LogP contribution is 2.41. The molecular formula is C29H32N7O6S2+. The molecule has 3 fully saturated rings. The number of carbonyl (C=O) groups is 4. The Hall–Kier alpha value is -4.24. The van der Waals surface area contributed by atoms with Gasteiger partial charge in [-0.1, -0.05) is 11.2 Å². The maximum atomic E-state index is 13.4. The predicted molar refractivity (Wildman–Crippen MR) is 162 cm³/mol. The van der Waals surface area contributed by atoms with E-state index >= 15 is 0 Å². The SMILES string of the molecule is C[n+]1ccccc1CN1CCC(=CC2=C(C(=O)O)N3C(=O)[C@@H](NC(=O)C(=NOC4CCCC4)c4csc(N)n4)[C@H]3SC2)C1=O. The van der Waals surface area contributed by atoms with Gasteiger partial charge in [0.1, 0.15) is 42.5 Å². The second kappa shape index (κ2) is 12.4. The van der Waals surface area contributed by atoms with Gasteiger partial charge in [-0.3, -0.25) is 19.3 Å².